The Bertz CT molecular complexity index is 875. The number of anilines is 1. The van der Waals surface area contributed by atoms with Crippen molar-refractivity contribution in [3.8, 4) is 5.75 Å². The van der Waals surface area contributed by atoms with Crippen molar-refractivity contribution in [1.82, 2.24) is 9.55 Å². The van der Waals surface area contributed by atoms with Crippen molar-refractivity contribution in [2.75, 3.05) is 12.8 Å². The SMILES string of the molecule is C=CCCCc1ccc(CC(c2ccc(OC)cc2)c2cn(C)c(N)n2)cc1. The number of nitrogen functional groups attached to an aromatic ring is 1. The van der Waals surface area contributed by atoms with E-state index in [1.54, 1.807) is 7.11 Å². The maximum absolute atomic E-state index is 6.00. The number of nitrogens with zero attached hydrogens (tertiary/aromatic N) is 2. The van der Waals surface area contributed by atoms with Crippen molar-refractivity contribution in [3.63, 3.8) is 0 Å². The molecule has 0 saturated heterocycles. The van der Waals surface area contributed by atoms with Crippen LogP contribution in [0.15, 0.2) is 67.4 Å². The topological polar surface area (TPSA) is 53.1 Å². The van der Waals surface area contributed by atoms with Gasteiger partial charge in [-0.1, -0.05) is 42.5 Å². The highest BCUT2D eigenvalue weighted by atomic mass is 16.5. The minimum absolute atomic E-state index is 0.140. The quantitative estimate of drug-likeness (QED) is 0.428. The number of hydrogen-bond acceptors (Lipinski definition) is 3. The molecule has 3 aromatic rings. The van der Waals surface area contributed by atoms with Gasteiger partial charge in [-0.05, 0) is 54.5 Å². The first-order chi connectivity index (χ1) is 13.6. The van der Waals surface area contributed by atoms with E-state index in [0.717, 1.165) is 37.1 Å². The second kappa shape index (κ2) is 9.27. The first-order valence-corrected chi connectivity index (χ1v) is 9.72. The minimum Gasteiger partial charge on any atom is -0.497 e. The monoisotopic (exact) mass is 375 g/mol. The molecule has 0 amide bonds. The lowest BCUT2D eigenvalue weighted by molar-refractivity contribution is 0.414. The predicted octanol–water partition coefficient (Wildman–Crippen LogP) is 4.89. The number of unbranched alkanes of at least 4 members (excludes halogenated alkanes) is 1. The van der Waals surface area contributed by atoms with Crippen molar-refractivity contribution >= 4 is 5.95 Å². The molecule has 3 rings (SSSR count). The molecule has 4 nitrogen and oxygen atoms in total. The van der Waals surface area contributed by atoms with E-state index in [4.69, 9.17) is 10.5 Å². The Balaban J connectivity index is 1.83. The number of aromatic nitrogens is 2. The standard InChI is InChI=1S/C24H29N3O/c1-4-5-6-7-18-8-10-19(11-9-18)16-22(23-17-27(2)24(25)26-23)20-12-14-21(28-3)15-13-20/h4,8-15,17,22H,1,5-7,16H2,2-3H3,(H2,25,26). The van der Waals surface area contributed by atoms with Gasteiger partial charge in [0.2, 0.25) is 0 Å². The van der Waals surface area contributed by atoms with E-state index < -0.39 is 0 Å². The highest BCUT2D eigenvalue weighted by molar-refractivity contribution is 5.37. The van der Waals surface area contributed by atoms with Crippen LogP contribution in [0.2, 0.25) is 0 Å². The molecule has 0 bridgehead atoms. The fourth-order valence-electron chi connectivity index (χ4n) is 3.43. The molecular formula is C24H29N3O. The zero-order valence-electron chi connectivity index (χ0n) is 16.8. The van der Waals surface area contributed by atoms with Crippen LogP contribution >= 0.6 is 0 Å². The molecule has 0 fully saturated rings. The number of ether oxygens (including phenoxy) is 1. The van der Waals surface area contributed by atoms with Crippen molar-refractivity contribution in [3.05, 3.63) is 89.8 Å². The molecule has 1 unspecified atom stereocenters. The Morgan fingerprint density at radius 2 is 1.79 bits per heavy atom. The molecule has 0 spiro atoms. The second-order valence-corrected chi connectivity index (χ2v) is 7.16. The number of methoxy groups -OCH3 is 1. The molecule has 4 heteroatoms. The van der Waals surface area contributed by atoms with E-state index in [1.807, 2.05) is 36.0 Å². The molecule has 0 radical (unpaired) electrons. The van der Waals surface area contributed by atoms with E-state index in [1.165, 1.54) is 16.7 Å². The van der Waals surface area contributed by atoms with Gasteiger partial charge in [-0.2, -0.15) is 0 Å². The second-order valence-electron chi connectivity index (χ2n) is 7.16. The van der Waals surface area contributed by atoms with E-state index in [2.05, 4.69) is 48.0 Å². The predicted molar refractivity (Wildman–Crippen MR) is 116 cm³/mol. The average Bonchev–Trinajstić information content (AvgIpc) is 3.06. The average molecular weight is 376 g/mol. The van der Waals surface area contributed by atoms with Gasteiger partial charge in [-0.25, -0.2) is 4.98 Å². The van der Waals surface area contributed by atoms with Crippen molar-refractivity contribution in [1.29, 1.82) is 0 Å². The molecule has 0 aliphatic carbocycles. The molecule has 0 aliphatic heterocycles. The zero-order valence-corrected chi connectivity index (χ0v) is 16.8. The Morgan fingerprint density at radius 1 is 1.11 bits per heavy atom. The first-order valence-electron chi connectivity index (χ1n) is 9.72. The molecule has 1 aromatic heterocycles. The molecule has 2 N–H and O–H groups in total. The van der Waals surface area contributed by atoms with Crippen LogP contribution in [-0.2, 0) is 19.9 Å². The fraction of sp³-hybridized carbons (Fsp3) is 0.292. The van der Waals surface area contributed by atoms with Crippen LogP contribution in [0.1, 0.15) is 41.1 Å². The maximum Gasteiger partial charge on any atom is 0.200 e. The summed E-state index contributed by atoms with van der Waals surface area (Å²) in [6.07, 6.45) is 8.16. The maximum atomic E-state index is 6.00. The Labute approximate surface area is 167 Å². The third-order valence-electron chi connectivity index (χ3n) is 5.14. The van der Waals surface area contributed by atoms with Gasteiger partial charge < -0.3 is 15.0 Å². The highest BCUT2D eigenvalue weighted by Gasteiger charge is 2.19. The van der Waals surface area contributed by atoms with Gasteiger partial charge >= 0.3 is 0 Å². The van der Waals surface area contributed by atoms with Gasteiger partial charge in [0.25, 0.3) is 0 Å². The first kappa shape index (κ1) is 19.7. The lowest BCUT2D eigenvalue weighted by Crippen LogP contribution is -2.06. The van der Waals surface area contributed by atoms with Gasteiger partial charge in [-0.15, -0.1) is 6.58 Å². The summed E-state index contributed by atoms with van der Waals surface area (Å²) in [5, 5.41) is 0. The van der Waals surface area contributed by atoms with Crippen LogP contribution < -0.4 is 10.5 Å². The number of hydrogen-bond donors (Lipinski definition) is 1. The smallest absolute Gasteiger partial charge is 0.200 e. The summed E-state index contributed by atoms with van der Waals surface area (Å²) in [5.41, 5.74) is 10.8. The number of aryl methyl sites for hydroxylation is 2. The number of rotatable bonds is 9. The lowest BCUT2D eigenvalue weighted by Gasteiger charge is -2.16. The number of allylic oxidation sites excluding steroid dienone is 1. The van der Waals surface area contributed by atoms with Crippen LogP contribution in [0, 0.1) is 0 Å². The summed E-state index contributed by atoms with van der Waals surface area (Å²) in [4.78, 5) is 4.59. The largest absolute Gasteiger partial charge is 0.497 e. The van der Waals surface area contributed by atoms with Gasteiger partial charge in [0.1, 0.15) is 5.75 Å². The third kappa shape index (κ3) is 4.83. The van der Waals surface area contributed by atoms with Crippen molar-refractivity contribution < 1.29 is 4.74 Å². The summed E-state index contributed by atoms with van der Waals surface area (Å²) >= 11 is 0. The van der Waals surface area contributed by atoms with Crippen LogP contribution in [0.25, 0.3) is 0 Å². The number of imidazole rings is 1. The highest BCUT2D eigenvalue weighted by Crippen LogP contribution is 2.30. The number of benzene rings is 2. The van der Waals surface area contributed by atoms with Crippen molar-refractivity contribution in [2.45, 2.75) is 31.6 Å². The summed E-state index contributed by atoms with van der Waals surface area (Å²) < 4.78 is 7.17. The molecule has 146 valence electrons. The Hall–Kier alpha value is -3.01. The molecule has 1 atom stereocenters. The van der Waals surface area contributed by atoms with E-state index >= 15 is 0 Å². The Morgan fingerprint density at radius 3 is 2.36 bits per heavy atom. The van der Waals surface area contributed by atoms with Gasteiger partial charge in [0, 0.05) is 19.2 Å². The normalized spacial score (nSPS) is 11.9. The van der Waals surface area contributed by atoms with Crippen LogP contribution in [0.5, 0.6) is 5.75 Å². The van der Waals surface area contributed by atoms with E-state index in [-0.39, 0.29) is 5.92 Å². The summed E-state index contributed by atoms with van der Waals surface area (Å²) in [7, 11) is 3.61. The minimum atomic E-state index is 0.140. The molecular weight excluding hydrogens is 346 g/mol. The van der Waals surface area contributed by atoms with Crippen LogP contribution in [0.4, 0.5) is 5.95 Å². The summed E-state index contributed by atoms with van der Waals surface area (Å²) in [5.74, 6) is 1.53. The fourth-order valence-corrected chi connectivity index (χ4v) is 3.43. The molecule has 0 saturated carbocycles. The van der Waals surface area contributed by atoms with Crippen LogP contribution in [0.3, 0.4) is 0 Å². The van der Waals surface area contributed by atoms with Gasteiger partial charge in [0.15, 0.2) is 5.95 Å². The van der Waals surface area contributed by atoms with Gasteiger partial charge in [-0.3, -0.25) is 0 Å². The summed E-state index contributed by atoms with van der Waals surface area (Å²) in [6.45, 7) is 3.79. The van der Waals surface area contributed by atoms with Crippen LogP contribution in [-0.4, -0.2) is 16.7 Å². The third-order valence-corrected chi connectivity index (χ3v) is 5.14. The molecule has 0 aliphatic rings. The number of nitrogens with two attached hydrogens (primary N) is 1. The Kier molecular flexibility index (Phi) is 6.53. The van der Waals surface area contributed by atoms with Gasteiger partial charge in [0.05, 0.1) is 12.8 Å². The van der Waals surface area contributed by atoms with E-state index in [9.17, 15) is 0 Å². The molecule has 2 aromatic carbocycles. The van der Waals surface area contributed by atoms with E-state index in [0.29, 0.717) is 5.95 Å². The molecule has 28 heavy (non-hydrogen) atoms. The lowest BCUT2D eigenvalue weighted by atomic mass is 9.89. The molecule has 1 heterocycles. The summed E-state index contributed by atoms with van der Waals surface area (Å²) in [6, 6.07) is 17.1. The zero-order chi connectivity index (χ0) is 19.9. The van der Waals surface area contributed by atoms with Crippen molar-refractivity contribution in [2.24, 2.45) is 7.05 Å².